The zero-order chi connectivity index (χ0) is 10.8. The van der Waals surface area contributed by atoms with Crippen molar-refractivity contribution in [1.82, 2.24) is 9.97 Å². The summed E-state index contributed by atoms with van der Waals surface area (Å²) < 4.78 is 0. The molecule has 2 rings (SSSR count). The first-order chi connectivity index (χ1) is 6.63. The lowest BCUT2D eigenvalue weighted by Crippen LogP contribution is -2.06. The van der Waals surface area contributed by atoms with Gasteiger partial charge in [0.2, 0.25) is 0 Å². The summed E-state index contributed by atoms with van der Waals surface area (Å²) in [6, 6.07) is 0. The molecule has 0 unspecified atom stereocenters. The van der Waals surface area contributed by atoms with Gasteiger partial charge < -0.3 is 0 Å². The van der Waals surface area contributed by atoms with Gasteiger partial charge in [0.15, 0.2) is 0 Å². The van der Waals surface area contributed by atoms with Gasteiger partial charge >= 0.3 is 0 Å². The quantitative estimate of drug-likeness (QED) is 0.666. The van der Waals surface area contributed by atoms with Crippen LogP contribution < -0.4 is 0 Å². The minimum Gasteiger partial charge on any atom is -0.241 e. The maximum absolute atomic E-state index is 6.00. The van der Waals surface area contributed by atoms with Gasteiger partial charge in [-0.05, 0) is 25.2 Å². The van der Waals surface area contributed by atoms with E-state index in [9.17, 15) is 0 Å². The summed E-state index contributed by atoms with van der Waals surface area (Å²) in [7, 11) is 0. The molecule has 0 aromatic carbocycles. The molecule has 78 valence electrons. The van der Waals surface area contributed by atoms with Crippen LogP contribution in [0, 0.1) is 6.92 Å². The highest BCUT2D eigenvalue weighted by Gasteiger charge is 2.42. The Balaban J connectivity index is 0.000000461. The highest BCUT2D eigenvalue weighted by atomic mass is 35.5. The first-order valence-electron chi connectivity index (χ1n) is 5.11. The van der Waals surface area contributed by atoms with E-state index in [1.165, 1.54) is 19.2 Å². The summed E-state index contributed by atoms with van der Waals surface area (Å²) in [6.07, 6.45) is 3.94. The molecule has 3 heteroatoms. The van der Waals surface area contributed by atoms with Gasteiger partial charge in [-0.3, -0.25) is 0 Å². The summed E-state index contributed by atoms with van der Waals surface area (Å²) in [4.78, 5) is 8.15. The van der Waals surface area contributed by atoms with E-state index in [1.54, 1.807) is 0 Å². The van der Waals surface area contributed by atoms with E-state index < -0.39 is 0 Å². The molecule has 0 atom stereocenters. The van der Waals surface area contributed by atoms with Gasteiger partial charge in [-0.15, -0.1) is 0 Å². The van der Waals surface area contributed by atoms with E-state index in [1.807, 2.05) is 20.8 Å². The normalized spacial score (nSPS) is 16.9. The third kappa shape index (κ3) is 2.06. The van der Waals surface area contributed by atoms with Crippen LogP contribution in [0.5, 0.6) is 0 Å². The largest absolute Gasteiger partial charge is 0.241 e. The van der Waals surface area contributed by atoms with Gasteiger partial charge in [-0.25, -0.2) is 9.97 Å². The second-order valence-corrected chi connectivity index (χ2v) is 4.04. The molecule has 1 aliphatic rings. The van der Waals surface area contributed by atoms with Crippen LogP contribution in [-0.2, 0) is 5.41 Å². The molecular formula is C11H17ClN2. The Labute approximate surface area is 90.7 Å². The first kappa shape index (κ1) is 11.4. The second kappa shape index (κ2) is 4.26. The molecule has 2 nitrogen and oxygen atoms in total. The lowest BCUT2D eigenvalue weighted by molar-refractivity contribution is 0.760. The van der Waals surface area contributed by atoms with Crippen molar-refractivity contribution in [3.8, 4) is 0 Å². The monoisotopic (exact) mass is 212 g/mol. The third-order valence-corrected chi connectivity index (χ3v) is 2.88. The maximum atomic E-state index is 6.00. The fourth-order valence-electron chi connectivity index (χ4n) is 1.57. The fourth-order valence-corrected chi connectivity index (χ4v) is 1.98. The molecule has 1 heterocycles. The zero-order valence-corrected chi connectivity index (χ0v) is 10.0. The number of rotatable bonds is 1. The number of aromatic nitrogens is 2. The Morgan fingerprint density at radius 2 is 1.86 bits per heavy atom. The number of nitrogens with zero attached hydrogens (tertiary/aromatic N) is 2. The summed E-state index contributed by atoms with van der Waals surface area (Å²) >= 11 is 6.00. The topological polar surface area (TPSA) is 25.8 Å². The van der Waals surface area contributed by atoms with E-state index >= 15 is 0 Å². The lowest BCUT2D eigenvalue weighted by Gasteiger charge is -2.11. The smallest absolute Gasteiger partial charge is 0.136 e. The second-order valence-electron chi connectivity index (χ2n) is 3.69. The average Bonchev–Trinajstić information content (AvgIpc) is 2.87. The van der Waals surface area contributed by atoms with Crippen molar-refractivity contribution in [2.75, 3.05) is 0 Å². The van der Waals surface area contributed by atoms with Crippen LogP contribution in [0.1, 0.15) is 44.9 Å². The van der Waals surface area contributed by atoms with Crippen molar-refractivity contribution in [2.45, 2.75) is 46.0 Å². The molecule has 1 saturated carbocycles. The summed E-state index contributed by atoms with van der Waals surface area (Å²) in [5.41, 5.74) is 2.43. The van der Waals surface area contributed by atoms with Gasteiger partial charge in [-0.1, -0.05) is 32.4 Å². The molecule has 1 fully saturated rings. The molecule has 0 amide bonds. The summed E-state index contributed by atoms with van der Waals surface area (Å²) in [6.45, 7) is 8.21. The van der Waals surface area contributed by atoms with Crippen molar-refractivity contribution in [2.24, 2.45) is 0 Å². The summed E-state index contributed by atoms with van der Waals surface area (Å²) in [5, 5.41) is 0.627. The minimum atomic E-state index is 0.266. The van der Waals surface area contributed by atoms with Crippen molar-refractivity contribution in [3.05, 3.63) is 22.7 Å². The highest BCUT2D eigenvalue weighted by Crippen LogP contribution is 2.50. The maximum Gasteiger partial charge on any atom is 0.136 e. The van der Waals surface area contributed by atoms with Crippen molar-refractivity contribution >= 4 is 11.6 Å². The van der Waals surface area contributed by atoms with Gasteiger partial charge in [-0.2, -0.15) is 0 Å². The van der Waals surface area contributed by atoms with Crippen LogP contribution in [0.25, 0.3) is 0 Å². The molecule has 1 aromatic heterocycles. The van der Waals surface area contributed by atoms with Gasteiger partial charge in [0, 0.05) is 11.3 Å². The van der Waals surface area contributed by atoms with Gasteiger partial charge in [0.25, 0.3) is 0 Å². The molecule has 0 radical (unpaired) electrons. The molecule has 0 N–H and O–H groups in total. The van der Waals surface area contributed by atoms with Crippen LogP contribution in [0.3, 0.4) is 0 Å². The Bertz CT molecular complexity index is 299. The molecule has 0 saturated heterocycles. The molecule has 0 bridgehead atoms. The van der Waals surface area contributed by atoms with Crippen LogP contribution >= 0.6 is 11.6 Å². The van der Waals surface area contributed by atoms with Gasteiger partial charge in [0.1, 0.15) is 11.5 Å². The summed E-state index contributed by atoms with van der Waals surface area (Å²) in [5.74, 6) is 0. The predicted molar refractivity (Wildman–Crippen MR) is 59.7 cm³/mol. The number of halogens is 1. The third-order valence-electron chi connectivity index (χ3n) is 2.59. The Morgan fingerprint density at radius 1 is 1.29 bits per heavy atom. The van der Waals surface area contributed by atoms with Crippen LogP contribution in [0.15, 0.2) is 6.33 Å². The molecular weight excluding hydrogens is 196 g/mol. The van der Waals surface area contributed by atoms with Crippen molar-refractivity contribution in [3.63, 3.8) is 0 Å². The lowest BCUT2D eigenvalue weighted by atomic mass is 9.99. The van der Waals surface area contributed by atoms with E-state index in [2.05, 4.69) is 16.9 Å². The van der Waals surface area contributed by atoms with Crippen LogP contribution in [0.4, 0.5) is 0 Å². The van der Waals surface area contributed by atoms with Crippen LogP contribution in [-0.4, -0.2) is 9.97 Å². The molecule has 1 aliphatic carbocycles. The Morgan fingerprint density at radius 3 is 2.29 bits per heavy atom. The van der Waals surface area contributed by atoms with Crippen molar-refractivity contribution < 1.29 is 0 Å². The highest BCUT2D eigenvalue weighted by molar-refractivity contribution is 6.30. The van der Waals surface area contributed by atoms with E-state index in [0.29, 0.717) is 5.15 Å². The molecule has 0 spiro atoms. The average molecular weight is 213 g/mol. The fraction of sp³-hybridized carbons (Fsp3) is 0.636. The van der Waals surface area contributed by atoms with E-state index in [4.69, 9.17) is 11.6 Å². The van der Waals surface area contributed by atoms with E-state index in [-0.39, 0.29) is 5.41 Å². The SMILES string of the molecule is CC.Cc1ncnc(Cl)c1C1(C)CC1. The zero-order valence-electron chi connectivity index (χ0n) is 9.26. The Hall–Kier alpha value is -0.630. The molecule has 0 aliphatic heterocycles. The minimum absolute atomic E-state index is 0.266. The van der Waals surface area contributed by atoms with Crippen LogP contribution in [0.2, 0.25) is 5.15 Å². The molecule has 1 aromatic rings. The van der Waals surface area contributed by atoms with E-state index in [0.717, 1.165) is 11.3 Å². The number of hydrogen-bond donors (Lipinski definition) is 0. The Kier molecular flexibility index (Phi) is 3.48. The van der Waals surface area contributed by atoms with Crippen molar-refractivity contribution in [1.29, 1.82) is 0 Å². The number of aryl methyl sites for hydroxylation is 1. The number of hydrogen-bond acceptors (Lipinski definition) is 2. The standard InChI is InChI=1S/C9H11ClN2.C2H6/c1-6-7(9(2)3-4-9)8(10)12-5-11-6;1-2/h5H,3-4H2,1-2H3;1-2H3. The molecule has 14 heavy (non-hydrogen) atoms. The van der Waals surface area contributed by atoms with Gasteiger partial charge in [0.05, 0.1) is 0 Å². The first-order valence-corrected chi connectivity index (χ1v) is 5.49. The predicted octanol–water partition coefficient (Wildman–Crippen LogP) is 3.52.